The van der Waals surface area contributed by atoms with Crippen molar-refractivity contribution in [1.82, 2.24) is 31.1 Å². The highest BCUT2D eigenvalue weighted by molar-refractivity contribution is 8.18. The predicted molar refractivity (Wildman–Crippen MR) is 215 cm³/mol. The van der Waals surface area contributed by atoms with Crippen molar-refractivity contribution in [3.8, 4) is 0 Å². The molecule has 4 atom stereocenters. The number of ketones is 1. The van der Waals surface area contributed by atoms with E-state index in [0.29, 0.717) is 18.5 Å². The molecule has 1 spiro atoms. The van der Waals surface area contributed by atoms with Crippen molar-refractivity contribution in [2.75, 3.05) is 45.3 Å². The molecule has 5 rings (SSSR count). The summed E-state index contributed by atoms with van der Waals surface area (Å²) in [5, 5.41) is 10.8. The topological polar surface area (TPSA) is 183 Å². The average molecular weight is 815 g/mol. The molecule has 4 N–H and O–H groups in total. The van der Waals surface area contributed by atoms with Gasteiger partial charge in [0.15, 0.2) is 0 Å². The first-order valence-corrected chi connectivity index (χ1v) is 21.9. The number of carbonyl (C=O) groups excluding carboxylic acids is 7. The largest absolute Gasteiger partial charge is 0.449 e. The smallest absolute Gasteiger partial charge is 0.407 e. The fourth-order valence-electron chi connectivity index (χ4n) is 7.56. The van der Waals surface area contributed by atoms with Crippen molar-refractivity contribution in [3.63, 3.8) is 0 Å². The SMILES string of the molecule is CC(C)COC(=O)NC(C(=O)N1CC2(CC1C(=O)NC(CC1CC1)C(=O)C(=O)NCC(=O)NC(C(=O)N(C)C)c1ccccc1)SCCCS2)C1CCCCC1. The second-order valence-electron chi connectivity index (χ2n) is 16.1. The number of thioether (sulfide) groups is 2. The number of nitrogens with zero attached hydrogens (tertiary/aromatic N) is 2. The Morgan fingerprint density at radius 1 is 0.893 bits per heavy atom. The van der Waals surface area contributed by atoms with Gasteiger partial charge in [-0.05, 0) is 60.5 Å². The van der Waals surface area contributed by atoms with Gasteiger partial charge < -0.3 is 35.8 Å². The summed E-state index contributed by atoms with van der Waals surface area (Å²) in [6, 6.07) is 4.76. The molecule has 4 fully saturated rings. The molecule has 2 saturated carbocycles. The fourth-order valence-corrected chi connectivity index (χ4v) is 10.9. The highest BCUT2D eigenvalue weighted by Gasteiger charge is 2.52. The van der Waals surface area contributed by atoms with Gasteiger partial charge in [-0.1, -0.05) is 76.3 Å². The van der Waals surface area contributed by atoms with E-state index in [9.17, 15) is 33.6 Å². The van der Waals surface area contributed by atoms with Gasteiger partial charge in [-0.25, -0.2) is 4.79 Å². The number of hydrogen-bond donors (Lipinski definition) is 4. The summed E-state index contributed by atoms with van der Waals surface area (Å²) in [5.74, 6) is -1.86. The number of carbonyl (C=O) groups is 7. The van der Waals surface area contributed by atoms with E-state index in [2.05, 4.69) is 21.3 Å². The summed E-state index contributed by atoms with van der Waals surface area (Å²) in [7, 11) is 3.15. The van der Waals surface area contributed by atoms with Crippen molar-refractivity contribution in [2.24, 2.45) is 17.8 Å². The number of Topliss-reactive ketones (excluding diaryl/α,β-unsaturated/α-hetero) is 1. The maximum atomic E-state index is 14.6. The van der Waals surface area contributed by atoms with Gasteiger partial charge in [0.25, 0.3) is 5.91 Å². The summed E-state index contributed by atoms with van der Waals surface area (Å²) < 4.78 is 5.01. The normalized spacial score (nSPS) is 21.0. The number of rotatable bonds is 16. The standard InChI is InChI=1S/C40H58N6O8S2/c1-25(2)23-54-39(53)44-33(28-14-9-6-10-15-28)38(52)46-24-40(55-18-11-19-56-40)21-30(46)35(49)42-29(20-26-16-17-26)34(48)36(50)41-22-31(47)43-32(37(51)45(3)4)27-12-7-5-8-13-27/h5,7-8,12-13,25-26,28-30,32-33H,6,9-11,14-24H2,1-4H3,(H,41,50)(H,42,49)(H,43,47)(H,44,53). The summed E-state index contributed by atoms with van der Waals surface area (Å²) in [4.78, 5) is 97.8. The Morgan fingerprint density at radius 2 is 1.57 bits per heavy atom. The second-order valence-corrected chi connectivity index (χ2v) is 19.3. The number of alkyl carbamates (subject to hydrolysis) is 1. The molecule has 4 aliphatic rings. The van der Waals surface area contributed by atoms with Crippen LogP contribution < -0.4 is 21.3 Å². The lowest BCUT2D eigenvalue weighted by Gasteiger charge is -2.35. The van der Waals surface area contributed by atoms with Crippen LogP contribution in [0.3, 0.4) is 0 Å². The van der Waals surface area contributed by atoms with Gasteiger partial charge in [0.05, 0.1) is 23.3 Å². The third-order valence-corrected chi connectivity index (χ3v) is 14.1. The second kappa shape index (κ2) is 20.1. The number of amides is 6. The van der Waals surface area contributed by atoms with E-state index in [1.807, 2.05) is 13.8 Å². The van der Waals surface area contributed by atoms with Gasteiger partial charge in [-0.2, -0.15) is 0 Å². The highest BCUT2D eigenvalue weighted by atomic mass is 32.2. The minimum atomic E-state index is -1.16. The molecule has 0 bridgehead atoms. The van der Waals surface area contributed by atoms with Crippen LogP contribution in [0, 0.1) is 17.8 Å². The number of ether oxygens (including phenoxy) is 1. The van der Waals surface area contributed by atoms with Crippen molar-refractivity contribution in [3.05, 3.63) is 35.9 Å². The first-order valence-electron chi connectivity index (χ1n) is 20.0. The van der Waals surface area contributed by atoms with E-state index in [1.165, 1.54) is 4.90 Å². The minimum Gasteiger partial charge on any atom is -0.449 e. The molecular formula is C40H58N6O8S2. The molecular weight excluding hydrogens is 757 g/mol. The van der Waals surface area contributed by atoms with Crippen LogP contribution in [-0.2, 0) is 33.5 Å². The lowest BCUT2D eigenvalue weighted by atomic mass is 9.83. The van der Waals surface area contributed by atoms with Crippen LogP contribution in [-0.4, -0.2) is 119 Å². The Balaban J connectivity index is 1.29. The molecule has 4 unspecified atom stereocenters. The van der Waals surface area contributed by atoms with E-state index in [1.54, 1.807) is 72.9 Å². The molecule has 16 heteroatoms. The van der Waals surface area contributed by atoms with Gasteiger partial charge in [0, 0.05) is 27.1 Å². The Bertz CT molecular complexity index is 1580. The molecule has 1 aromatic carbocycles. The lowest BCUT2D eigenvalue weighted by molar-refractivity contribution is -0.143. The molecule has 2 heterocycles. The Kier molecular flexibility index (Phi) is 15.5. The molecule has 308 valence electrons. The van der Waals surface area contributed by atoms with E-state index < -0.39 is 64.4 Å². The summed E-state index contributed by atoms with van der Waals surface area (Å²) in [6.45, 7) is 3.83. The van der Waals surface area contributed by atoms with Gasteiger partial charge in [-0.3, -0.25) is 28.8 Å². The molecule has 6 amide bonds. The Morgan fingerprint density at radius 3 is 2.20 bits per heavy atom. The Labute approximate surface area is 338 Å². The molecule has 2 aliphatic heterocycles. The van der Waals surface area contributed by atoms with Crippen molar-refractivity contribution >= 4 is 64.9 Å². The van der Waals surface area contributed by atoms with Gasteiger partial charge in [0.2, 0.25) is 29.4 Å². The van der Waals surface area contributed by atoms with Crippen LogP contribution in [0.25, 0.3) is 0 Å². The Hall–Kier alpha value is -3.79. The van der Waals surface area contributed by atoms with E-state index >= 15 is 0 Å². The van der Waals surface area contributed by atoms with Crippen LogP contribution in [0.5, 0.6) is 0 Å². The minimum absolute atomic E-state index is 0.108. The number of likely N-dealkylation sites (N-methyl/N-ethyl adjacent to an activating group) is 1. The zero-order valence-electron chi connectivity index (χ0n) is 33.0. The molecule has 1 aromatic rings. The van der Waals surface area contributed by atoms with E-state index in [-0.39, 0.29) is 42.6 Å². The number of hydrogen-bond acceptors (Lipinski definition) is 10. The van der Waals surface area contributed by atoms with E-state index in [0.717, 1.165) is 62.9 Å². The zero-order valence-corrected chi connectivity index (χ0v) is 34.6. The third kappa shape index (κ3) is 11.9. The summed E-state index contributed by atoms with van der Waals surface area (Å²) >= 11 is 3.48. The predicted octanol–water partition coefficient (Wildman–Crippen LogP) is 3.40. The number of benzene rings is 1. The monoisotopic (exact) mass is 814 g/mol. The van der Waals surface area contributed by atoms with Crippen LogP contribution in [0.4, 0.5) is 4.79 Å². The zero-order chi connectivity index (χ0) is 40.4. The molecule has 56 heavy (non-hydrogen) atoms. The van der Waals surface area contributed by atoms with Gasteiger partial charge in [-0.15, -0.1) is 23.5 Å². The van der Waals surface area contributed by atoms with E-state index in [4.69, 9.17) is 4.74 Å². The number of nitrogens with one attached hydrogen (secondary N) is 4. The van der Waals surface area contributed by atoms with Gasteiger partial charge in [0.1, 0.15) is 18.1 Å². The van der Waals surface area contributed by atoms with Crippen molar-refractivity contribution in [2.45, 2.75) is 106 Å². The van der Waals surface area contributed by atoms with Crippen LogP contribution in [0.1, 0.15) is 89.7 Å². The summed E-state index contributed by atoms with van der Waals surface area (Å²) in [5.41, 5.74) is 0.562. The van der Waals surface area contributed by atoms with Crippen LogP contribution in [0.15, 0.2) is 30.3 Å². The lowest BCUT2D eigenvalue weighted by Crippen LogP contribution is -2.58. The maximum absolute atomic E-state index is 14.6. The molecule has 0 radical (unpaired) electrons. The summed E-state index contributed by atoms with van der Waals surface area (Å²) in [6.07, 6.45) is 7.15. The maximum Gasteiger partial charge on any atom is 0.407 e. The van der Waals surface area contributed by atoms with Crippen molar-refractivity contribution < 1.29 is 38.3 Å². The molecule has 14 nitrogen and oxygen atoms in total. The highest BCUT2D eigenvalue weighted by Crippen LogP contribution is 2.51. The first kappa shape index (κ1) is 43.3. The molecule has 2 saturated heterocycles. The first-order chi connectivity index (χ1) is 26.8. The van der Waals surface area contributed by atoms with Crippen LogP contribution >= 0.6 is 23.5 Å². The quantitative estimate of drug-likeness (QED) is 0.181. The van der Waals surface area contributed by atoms with Gasteiger partial charge >= 0.3 is 6.09 Å². The molecule has 0 aromatic heterocycles. The molecule has 2 aliphatic carbocycles. The van der Waals surface area contributed by atoms with Crippen LogP contribution in [0.2, 0.25) is 0 Å². The average Bonchev–Trinajstić information content (AvgIpc) is 3.95. The third-order valence-electron chi connectivity index (χ3n) is 10.8. The number of likely N-dealkylation sites (tertiary alicyclic amines) is 1. The van der Waals surface area contributed by atoms with Crippen molar-refractivity contribution in [1.29, 1.82) is 0 Å². The fraction of sp³-hybridized carbons (Fsp3) is 0.675.